The van der Waals surface area contributed by atoms with E-state index in [0.717, 1.165) is 5.56 Å². The van der Waals surface area contributed by atoms with Gasteiger partial charge in [-0.15, -0.1) is 0 Å². The van der Waals surface area contributed by atoms with Crippen molar-refractivity contribution < 1.29 is 15.1 Å². The van der Waals surface area contributed by atoms with Crippen LogP contribution in [-0.2, 0) is 11.3 Å². The molecule has 0 heterocycles. The number of carbonyl (C=O) groups is 1. The smallest absolute Gasteiger partial charge is 0.320 e. The van der Waals surface area contributed by atoms with E-state index < -0.39 is 18.1 Å². The number of hydrogen-bond acceptors (Lipinski definition) is 6. The van der Waals surface area contributed by atoms with Crippen LogP contribution in [0.4, 0.5) is 0 Å². The van der Waals surface area contributed by atoms with E-state index in [0.29, 0.717) is 6.54 Å². The molecule has 0 radical (unpaired) electrons. The van der Waals surface area contributed by atoms with Gasteiger partial charge in [-0.2, -0.15) is 0 Å². The van der Waals surface area contributed by atoms with Gasteiger partial charge in [-0.1, -0.05) is 30.3 Å². The lowest BCUT2D eigenvalue weighted by molar-refractivity contribution is -0.141. The number of rotatable bonds is 9. The van der Waals surface area contributed by atoms with Gasteiger partial charge in [-0.05, 0) is 12.0 Å². The van der Waals surface area contributed by atoms with Gasteiger partial charge in [0.05, 0.1) is 6.54 Å². The van der Waals surface area contributed by atoms with Crippen molar-refractivity contribution in [3.05, 3.63) is 41.1 Å². The number of nitrogens with zero attached hydrogens (tertiary/aromatic N) is 2. The Bertz CT molecular complexity index is 490. The van der Waals surface area contributed by atoms with Gasteiger partial charge < -0.3 is 32.3 Å². The molecule has 0 amide bonds. The molecule has 0 spiro atoms. The van der Waals surface area contributed by atoms with Crippen LogP contribution in [0.5, 0.6) is 0 Å². The first-order chi connectivity index (χ1) is 10.4. The zero-order valence-corrected chi connectivity index (χ0v) is 11.9. The molecule has 22 heavy (non-hydrogen) atoms. The summed E-state index contributed by atoms with van der Waals surface area (Å²) in [5.74, 6) is -1.37. The molecule has 9 heteroatoms. The number of carboxylic acid groups (broad SMARTS) is 1. The van der Waals surface area contributed by atoms with Gasteiger partial charge in [0.15, 0.2) is 5.96 Å². The number of aliphatic imine (C=N–C) groups is 1. The molecule has 7 N–H and O–H groups in total. The second-order valence-corrected chi connectivity index (χ2v) is 4.71. The average molecular weight is 310 g/mol. The Morgan fingerprint density at radius 1 is 1.36 bits per heavy atom. The van der Waals surface area contributed by atoms with Crippen LogP contribution in [0.3, 0.4) is 0 Å². The Kier molecular flexibility index (Phi) is 7.26. The van der Waals surface area contributed by atoms with Crippen LogP contribution in [0.15, 0.2) is 35.3 Å². The van der Waals surface area contributed by atoms with E-state index in [1.165, 1.54) is 0 Å². The molecule has 0 aromatic heterocycles. The van der Waals surface area contributed by atoms with Gasteiger partial charge in [0.25, 0.3) is 0 Å². The third kappa shape index (κ3) is 6.50. The molecule has 0 aliphatic rings. The number of hydroxylamine groups is 2. The number of hydrogen-bond donors (Lipinski definition) is 5. The molecule has 122 valence electrons. The summed E-state index contributed by atoms with van der Waals surface area (Å²) in [6.07, 6.45) is -0.154. The Labute approximate surface area is 127 Å². The number of aliphatic carboxylic acids is 1. The number of nitrogens with two attached hydrogens (primary N) is 2. The van der Waals surface area contributed by atoms with Crippen LogP contribution in [0.2, 0.25) is 0 Å². The molecule has 0 fully saturated rings. The van der Waals surface area contributed by atoms with E-state index in [2.05, 4.69) is 10.3 Å². The predicted octanol–water partition coefficient (Wildman–Crippen LogP) is -0.549. The van der Waals surface area contributed by atoms with Gasteiger partial charge in [-0.25, -0.2) is 0 Å². The minimum atomic E-state index is -1.13. The minimum Gasteiger partial charge on any atom is -0.762 e. The zero-order valence-electron chi connectivity index (χ0n) is 11.9. The Hall–Kier alpha value is -2.20. The van der Waals surface area contributed by atoms with Crippen LogP contribution in [0.1, 0.15) is 12.0 Å². The summed E-state index contributed by atoms with van der Waals surface area (Å²) in [5, 5.41) is 31.8. The van der Waals surface area contributed by atoms with Crippen molar-refractivity contribution in [2.75, 3.05) is 6.54 Å². The predicted molar refractivity (Wildman–Crippen MR) is 80.8 cm³/mol. The second kappa shape index (κ2) is 8.95. The molecule has 0 bridgehead atoms. The number of benzene rings is 1. The van der Waals surface area contributed by atoms with Crippen LogP contribution in [0.25, 0.3) is 0 Å². The molecule has 1 aromatic rings. The highest BCUT2D eigenvalue weighted by atomic mass is 16.8. The van der Waals surface area contributed by atoms with E-state index >= 15 is 0 Å². The maximum Gasteiger partial charge on any atom is 0.320 e. The first-order valence-corrected chi connectivity index (χ1v) is 6.61. The summed E-state index contributed by atoms with van der Waals surface area (Å²) >= 11 is 0. The van der Waals surface area contributed by atoms with E-state index in [9.17, 15) is 15.1 Å². The van der Waals surface area contributed by atoms with E-state index in [4.69, 9.17) is 16.7 Å². The molecule has 1 unspecified atom stereocenters. The van der Waals surface area contributed by atoms with Crippen LogP contribution in [0, 0.1) is 5.21 Å². The van der Waals surface area contributed by atoms with Gasteiger partial charge >= 0.3 is 5.97 Å². The minimum absolute atomic E-state index is 0.154. The Balaban J connectivity index is 2.64. The molecule has 1 aromatic carbocycles. The van der Waals surface area contributed by atoms with Crippen molar-refractivity contribution in [2.45, 2.75) is 25.0 Å². The van der Waals surface area contributed by atoms with Gasteiger partial charge in [0, 0.05) is 12.6 Å². The third-order valence-corrected chi connectivity index (χ3v) is 3.00. The van der Waals surface area contributed by atoms with Gasteiger partial charge in [-0.3, -0.25) is 15.0 Å². The standard InChI is InChI=1S/C13H20N5O4/c14-13(15)17-8-10(18(21)22)6-11(12(19)20)16-7-9-4-2-1-3-5-9/h1-5,10-11,16,21H,6-8H2,(H,19,20)(H4,14,15,17)/q-1/t10?,11-/m0/s1. The van der Waals surface area contributed by atoms with Crippen molar-refractivity contribution in [1.29, 1.82) is 0 Å². The maximum absolute atomic E-state index is 11.3. The highest BCUT2D eigenvalue weighted by Crippen LogP contribution is 2.07. The van der Waals surface area contributed by atoms with Crippen molar-refractivity contribution in [3.8, 4) is 0 Å². The summed E-state index contributed by atoms with van der Waals surface area (Å²) in [7, 11) is 0. The van der Waals surface area contributed by atoms with E-state index in [-0.39, 0.29) is 24.2 Å². The zero-order chi connectivity index (χ0) is 16.5. The van der Waals surface area contributed by atoms with Crippen molar-refractivity contribution >= 4 is 11.9 Å². The molecule has 0 aliphatic carbocycles. The normalized spacial score (nSPS) is 13.6. The van der Waals surface area contributed by atoms with Crippen LogP contribution in [-0.4, -0.2) is 46.1 Å². The van der Waals surface area contributed by atoms with Crippen molar-refractivity contribution in [1.82, 2.24) is 10.5 Å². The highest BCUT2D eigenvalue weighted by Gasteiger charge is 2.22. The fraction of sp³-hybridized carbons (Fsp3) is 0.385. The molecule has 0 saturated heterocycles. The Morgan fingerprint density at radius 2 is 2.00 bits per heavy atom. The van der Waals surface area contributed by atoms with Crippen molar-refractivity contribution in [2.24, 2.45) is 16.5 Å². The Morgan fingerprint density at radius 3 is 2.50 bits per heavy atom. The lowest BCUT2D eigenvalue weighted by Gasteiger charge is -2.31. The first-order valence-electron chi connectivity index (χ1n) is 6.61. The summed E-state index contributed by atoms with van der Waals surface area (Å²) < 4.78 is 0. The maximum atomic E-state index is 11.3. The largest absolute Gasteiger partial charge is 0.762 e. The second-order valence-electron chi connectivity index (χ2n) is 4.71. The fourth-order valence-corrected chi connectivity index (χ4v) is 1.83. The fourth-order valence-electron chi connectivity index (χ4n) is 1.83. The summed E-state index contributed by atoms with van der Waals surface area (Å²) in [6.45, 7) is 0.121. The van der Waals surface area contributed by atoms with Crippen LogP contribution >= 0.6 is 0 Å². The van der Waals surface area contributed by atoms with Crippen LogP contribution < -0.4 is 16.8 Å². The average Bonchev–Trinajstić information content (AvgIpc) is 2.46. The van der Waals surface area contributed by atoms with Crippen molar-refractivity contribution in [3.63, 3.8) is 0 Å². The molecule has 1 rings (SSSR count). The molecular weight excluding hydrogens is 290 g/mol. The third-order valence-electron chi connectivity index (χ3n) is 3.00. The lowest BCUT2D eigenvalue weighted by Crippen LogP contribution is -2.43. The number of nitrogens with one attached hydrogen (secondary N) is 1. The molecular formula is C13H20N5O4-. The molecule has 0 saturated carbocycles. The number of carboxylic acids is 1. The topological polar surface area (TPSA) is 160 Å². The molecule has 9 nitrogen and oxygen atoms in total. The lowest BCUT2D eigenvalue weighted by atomic mass is 10.1. The van der Waals surface area contributed by atoms with Gasteiger partial charge in [0.2, 0.25) is 0 Å². The quantitative estimate of drug-likeness (QED) is 0.231. The highest BCUT2D eigenvalue weighted by molar-refractivity contribution is 5.75. The number of guanidine groups is 1. The first kappa shape index (κ1) is 17.9. The van der Waals surface area contributed by atoms with E-state index in [1.54, 1.807) is 0 Å². The molecule has 0 aliphatic heterocycles. The van der Waals surface area contributed by atoms with E-state index in [1.807, 2.05) is 30.3 Å². The monoisotopic (exact) mass is 310 g/mol. The van der Waals surface area contributed by atoms with Gasteiger partial charge in [0.1, 0.15) is 6.04 Å². The molecule has 2 atom stereocenters. The summed E-state index contributed by atoms with van der Waals surface area (Å²) in [5.41, 5.74) is 11.2. The summed E-state index contributed by atoms with van der Waals surface area (Å²) in [4.78, 5) is 14.9. The summed E-state index contributed by atoms with van der Waals surface area (Å²) in [6, 6.07) is 7.12. The SMILES string of the molecule is NC(N)=NCC(C[C@H](NCc1ccccc1)C(=O)O)N([O-])O.